The summed E-state index contributed by atoms with van der Waals surface area (Å²) in [5.74, 6) is 0.00546. The third kappa shape index (κ3) is 4.15. The molecule has 1 aromatic heterocycles. The Kier molecular flexibility index (Phi) is 6.09. The lowest BCUT2D eigenvalue weighted by Crippen LogP contribution is -2.37. The van der Waals surface area contributed by atoms with Crippen molar-refractivity contribution in [1.82, 2.24) is 14.4 Å². The van der Waals surface area contributed by atoms with Gasteiger partial charge in [0.1, 0.15) is 0 Å². The van der Waals surface area contributed by atoms with Crippen molar-refractivity contribution in [3.8, 4) is 11.8 Å². The van der Waals surface area contributed by atoms with Gasteiger partial charge in [0, 0.05) is 48.8 Å². The number of carbonyl (C=O) groups excluding carboxylic acids is 2. The van der Waals surface area contributed by atoms with Gasteiger partial charge in [-0.05, 0) is 62.7 Å². The van der Waals surface area contributed by atoms with Crippen LogP contribution in [0.3, 0.4) is 0 Å². The number of benzene rings is 2. The van der Waals surface area contributed by atoms with Crippen molar-refractivity contribution < 1.29 is 9.59 Å². The van der Waals surface area contributed by atoms with Crippen LogP contribution in [0.25, 0.3) is 5.69 Å². The Morgan fingerprint density at radius 2 is 1.47 bits per heavy atom. The highest BCUT2D eigenvalue weighted by atomic mass is 16.2. The smallest absolute Gasteiger partial charge is 0.255 e. The normalized spacial score (nSPS) is 14.0. The zero-order valence-corrected chi connectivity index (χ0v) is 18.4. The predicted molar refractivity (Wildman–Crippen MR) is 123 cm³/mol. The quantitative estimate of drug-likeness (QED) is 0.637. The fourth-order valence-corrected chi connectivity index (χ4v) is 4.32. The van der Waals surface area contributed by atoms with Gasteiger partial charge in [0.15, 0.2) is 0 Å². The summed E-state index contributed by atoms with van der Waals surface area (Å²) < 4.78 is 2.04. The zero-order valence-electron chi connectivity index (χ0n) is 18.4. The summed E-state index contributed by atoms with van der Waals surface area (Å²) in [4.78, 5) is 29.9. The van der Waals surface area contributed by atoms with Gasteiger partial charge >= 0.3 is 0 Å². The van der Waals surface area contributed by atoms with Crippen molar-refractivity contribution in [2.75, 3.05) is 26.2 Å². The molecule has 6 nitrogen and oxygen atoms in total. The van der Waals surface area contributed by atoms with Crippen molar-refractivity contribution in [2.24, 2.45) is 0 Å². The zero-order chi connectivity index (χ0) is 22.7. The van der Waals surface area contributed by atoms with E-state index in [2.05, 4.69) is 6.07 Å². The first-order chi connectivity index (χ1) is 15.5. The van der Waals surface area contributed by atoms with Gasteiger partial charge in [0.25, 0.3) is 11.8 Å². The largest absolute Gasteiger partial charge is 0.337 e. The molecule has 0 spiro atoms. The highest BCUT2D eigenvalue weighted by Crippen LogP contribution is 2.23. The molecule has 1 saturated heterocycles. The summed E-state index contributed by atoms with van der Waals surface area (Å²) in [5, 5.41) is 9.04. The highest BCUT2D eigenvalue weighted by molar-refractivity contribution is 5.96. The number of aryl methyl sites for hydroxylation is 1. The molecule has 0 aliphatic carbocycles. The molecule has 2 aromatic carbocycles. The molecule has 1 aliphatic rings. The van der Waals surface area contributed by atoms with Crippen LogP contribution in [0.4, 0.5) is 0 Å². The van der Waals surface area contributed by atoms with Crippen molar-refractivity contribution in [3.05, 3.63) is 88.7 Å². The predicted octanol–water partition coefficient (Wildman–Crippen LogP) is 3.95. The summed E-state index contributed by atoms with van der Waals surface area (Å²) in [6.07, 6.45) is 0.749. The summed E-state index contributed by atoms with van der Waals surface area (Å²) in [5.41, 5.74) is 4.72. The van der Waals surface area contributed by atoms with Gasteiger partial charge in [0.05, 0.1) is 17.2 Å². The maximum atomic E-state index is 13.4. The average molecular weight is 427 g/mol. The number of nitriles is 1. The van der Waals surface area contributed by atoms with Gasteiger partial charge in [0.2, 0.25) is 0 Å². The molecular weight excluding hydrogens is 400 g/mol. The van der Waals surface area contributed by atoms with Crippen LogP contribution in [0.2, 0.25) is 0 Å². The molecule has 1 aliphatic heterocycles. The van der Waals surface area contributed by atoms with Crippen LogP contribution in [-0.2, 0) is 0 Å². The summed E-state index contributed by atoms with van der Waals surface area (Å²) in [6.45, 7) is 6.22. The maximum Gasteiger partial charge on any atom is 0.255 e. The van der Waals surface area contributed by atoms with Gasteiger partial charge in [-0.1, -0.05) is 18.2 Å². The molecule has 32 heavy (non-hydrogen) atoms. The fraction of sp³-hybridized carbons (Fsp3) is 0.269. The monoisotopic (exact) mass is 426 g/mol. The Labute approximate surface area is 188 Å². The molecule has 6 heteroatoms. The second-order valence-electron chi connectivity index (χ2n) is 8.08. The Hall–Kier alpha value is -3.85. The van der Waals surface area contributed by atoms with Crippen molar-refractivity contribution in [3.63, 3.8) is 0 Å². The number of hydrogen-bond donors (Lipinski definition) is 0. The minimum atomic E-state index is -0.00740. The van der Waals surface area contributed by atoms with E-state index in [9.17, 15) is 9.59 Å². The Morgan fingerprint density at radius 1 is 0.844 bits per heavy atom. The summed E-state index contributed by atoms with van der Waals surface area (Å²) in [7, 11) is 0. The van der Waals surface area contributed by atoms with Gasteiger partial charge in [-0.25, -0.2) is 0 Å². The molecule has 4 rings (SSSR count). The van der Waals surface area contributed by atoms with E-state index in [-0.39, 0.29) is 11.8 Å². The van der Waals surface area contributed by atoms with E-state index in [1.165, 1.54) is 0 Å². The number of amides is 2. The van der Waals surface area contributed by atoms with Crippen molar-refractivity contribution in [1.29, 1.82) is 5.26 Å². The van der Waals surface area contributed by atoms with Crippen LogP contribution in [0.5, 0.6) is 0 Å². The Morgan fingerprint density at radius 3 is 2.09 bits per heavy atom. The van der Waals surface area contributed by atoms with E-state index in [4.69, 9.17) is 5.26 Å². The summed E-state index contributed by atoms with van der Waals surface area (Å²) in [6, 6.07) is 20.7. The second-order valence-corrected chi connectivity index (χ2v) is 8.08. The minimum absolute atomic E-state index is 0.00740. The van der Waals surface area contributed by atoms with Crippen LogP contribution >= 0.6 is 0 Å². The average Bonchev–Trinajstić information content (AvgIpc) is 2.98. The first-order valence-electron chi connectivity index (χ1n) is 10.8. The third-order valence-electron chi connectivity index (χ3n) is 6.01. The fourth-order valence-electron chi connectivity index (χ4n) is 4.32. The number of hydrogen-bond acceptors (Lipinski definition) is 3. The van der Waals surface area contributed by atoms with E-state index < -0.39 is 0 Å². The molecule has 0 bridgehead atoms. The van der Waals surface area contributed by atoms with Gasteiger partial charge in [-0.15, -0.1) is 0 Å². The Bertz CT molecular complexity index is 1170. The van der Waals surface area contributed by atoms with E-state index in [1.807, 2.05) is 76.7 Å². The first kappa shape index (κ1) is 21.4. The van der Waals surface area contributed by atoms with E-state index in [0.717, 1.165) is 23.5 Å². The Balaban J connectivity index is 1.51. The second kappa shape index (κ2) is 9.11. The molecule has 162 valence electrons. The number of nitrogens with zero attached hydrogens (tertiary/aromatic N) is 4. The minimum Gasteiger partial charge on any atom is -0.337 e. The standard InChI is InChI=1S/C26H26N4O2/c1-19-17-24(20(2)30(19)23-11-9-21(18-27)10-12-23)26(32)29-14-6-13-28(15-16-29)25(31)22-7-4-3-5-8-22/h3-5,7-12,17H,6,13-16H2,1-2H3. The lowest BCUT2D eigenvalue weighted by molar-refractivity contribution is 0.0718. The summed E-state index contributed by atoms with van der Waals surface area (Å²) >= 11 is 0. The van der Waals surface area contributed by atoms with Gasteiger partial charge < -0.3 is 14.4 Å². The van der Waals surface area contributed by atoms with E-state index in [1.54, 1.807) is 12.1 Å². The SMILES string of the molecule is Cc1cc(C(=O)N2CCCN(C(=O)c3ccccc3)CC2)c(C)n1-c1ccc(C#N)cc1. The van der Waals surface area contributed by atoms with Gasteiger partial charge in [-0.2, -0.15) is 5.26 Å². The highest BCUT2D eigenvalue weighted by Gasteiger charge is 2.26. The third-order valence-corrected chi connectivity index (χ3v) is 6.01. The van der Waals surface area contributed by atoms with Crippen LogP contribution in [0.1, 0.15) is 44.1 Å². The van der Waals surface area contributed by atoms with Crippen LogP contribution in [-0.4, -0.2) is 52.4 Å². The molecule has 0 N–H and O–H groups in total. The molecule has 0 radical (unpaired) electrons. The molecular formula is C26H26N4O2. The topological polar surface area (TPSA) is 69.3 Å². The van der Waals surface area contributed by atoms with E-state index in [0.29, 0.717) is 42.9 Å². The number of aromatic nitrogens is 1. The van der Waals surface area contributed by atoms with Crippen LogP contribution < -0.4 is 0 Å². The molecule has 1 fully saturated rings. The molecule has 2 amide bonds. The van der Waals surface area contributed by atoms with Crippen molar-refractivity contribution in [2.45, 2.75) is 20.3 Å². The van der Waals surface area contributed by atoms with Gasteiger partial charge in [-0.3, -0.25) is 9.59 Å². The lowest BCUT2D eigenvalue weighted by Gasteiger charge is -2.22. The van der Waals surface area contributed by atoms with Crippen LogP contribution in [0.15, 0.2) is 60.7 Å². The van der Waals surface area contributed by atoms with Crippen LogP contribution in [0, 0.1) is 25.2 Å². The molecule has 2 heterocycles. The van der Waals surface area contributed by atoms with E-state index >= 15 is 0 Å². The number of rotatable bonds is 3. The molecule has 0 unspecified atom stereocenters. The number of carbonyl (C=O) groups is 2. The first-order valence-corrected chi connectivity index (χ1v) is 10.8. The lowest BCUT2D eigenvalue weighted by atomic mass is 10.2. The maximum absolute atomic E-state index is 13.4. The van der Waals surface area contributed by atoms with Crippen molar-refractivity contribution >= 4 is 11.8 Å². The molecule has 0 atom stereocenters. The molecule has 0 saturated carbocycles. The molecule has 3 aromatic rings.